The summed E-state index contributed by atoms with van der Waals surface area (Å²) >= 11 is 6.64. The topological polar surface area (TPSA) is 69.6 Å². The van der Waals surface area contributed by atoms with Crippen molar-refractivity contribution in [1.29, 1.82) is 0 Å². The van der Waals surface area contributed by atoms with Gasteiger partial charge in [-0.2, -0.15) is 0 Å². The number of carboxylic acid groups (broad SMARTS) is 1. The van der Waals surface area contributed by atoms with Crippen LogP contribution in [0.3, 0.4) is 0 Å². The first kappa shape index (κ1) is 23.6. The molecule has 1 aromatic rings. The number of rotatable bonds is 5. The van der Waals surface area contributed by atoms with Crippen LogP contribution in [0.25, 0.3) is 0 Å². The van der Waals surface area contributed by atoms with Gasteiger partial charge in [0, 0.05) is 24.1 Å². The van der Waals surface area contributed by atoms with Crippen molar-refractivity contribution in [2.75, 3.05) is 0 Å². The predicted molar refractivity (Wildman–Crippen MR) is 125 cm³/mol. The van der Waals surface area contributed by atoms with Gasteiger partial charge >= 0.3 is 12.0 Å². The molecule has 1 aromatic carbocycles. The van der Waals surface area contributed by atoms with Gasteiger partial charge in [-0.05, 0) is 66.7 Å². The van der Waals surface area contributed by atoms with E-state index >= 15 is 0 Å². The number of carboxylic acids is 1. The second-order valence-corrected chi connectivity index (χ2v) is 12.5. The van der Waals surface area contributed by atoms with E-state index in [1.54, 1.807) is 6.20 Å². The van der Waals surface area contributed by atoms with E-state index in [0.29, 0.717) is 35.4 Å². The molecule has 184 valence electrons. The number of carbonyl (C=O) groups is 2. The molecule has 4 saturated carbocycles. The summed E-state index contributed by atoms with van der Waals surface area (Å²) in [6.45, 7) is 6.50. The Morgan fingerprint density at radius 3 is 2.47 bits per heavy atom. The van der Waals surface area contributed by atoms with Crippen LogP contribution >= 0.6 is 11.6 Å². The van der Waals surface area contributed by atoms with Crippen LogP contribution in [-0.4, -0.2) is 33.5 Å². The molecular formula is C26H31ClF2N2O3. The number of aliphatic carboxylic acids is 1. The van der Waals surface area contributed by atoms with Gasteiger partial charge < -0.3 is 10.4 Å². The fraction of sp³-hybridized carbons (Fsp3) is 0.615. The zero-order valence-electron chi connectivity index (χ0n) is 19.8. The average molecular weight is 493 g/mol. The molecule has 0 radical (unpaired) electrons. The lowest BCUT2D eigenvalue weighted by Crippen LogP contribution is -2.78. The summed E-state index contributed by atoms with van der Waals surface area (Å²) in [6, 6.07) is 5.30. The van der Waals surface area contributed by atoms with E-state index in [0.717, 1.165) is 18.4 Å². The highest BCUT2D eigenvalue weighted by Gasteiger charge is 2.75. The highest BCUT2D eigenvalue weighted by molar-refractivity contribution is 6.31. The number of benzene rings is 1. The maximum Gasteiger partial charge on any atom is 0.322 e. The quantitative estimate of drug-likeness (QED) is 0.510. The molecule has 0 aromatic heterocycles. The Labute approximate surface area is 203 Å². The van der Waals surface area contributed by atoms with Crippen LogP contribution in [0.2, 0.25) is 5.02 Å². The largest absolute Gasteiger partial charge is 0.481 e. The van der Waals surface area contributed by atoms with E-state index in [4.69, 9.17) is 11.6 Å². The normalized spacial score (nSPS) is 33.8. The molecule has 0 saturated heterocycles. The first-order chi connectivity index (χ1) is 15.7. The summed E-state index contributed by atoms with van der Waals surface area (Å²) in [6.07, 6.45) is 3.74. The Bertz CT molecular complexity index is 1090. The van der Waals surface area contributed by atoms with Gasteiger partial charge in [-0.1, -0.05) is 44.5 Å². The summed E-state index contributed by atoms with van der Waals surface area (Å²) < 4.78 is 29.1. The summed E-state index contributed by atoms with van der Waals surface area (Å²) in [5.74, 6) is -3.71. The number of halogens is 3. The first-order valence-electron chi connectivity index (χ1n) is 11.9. The first-order valence-corrected chi connectivity index (χ1v) is 12.3. The summed E-state index contributed by atoms with van der Waals surface area (Å²) in [7, 11) is 0. The minimum Gasteiger partial charge on any atom is -0.481 e. The number of urea groups is 1. The van der Waals surface area contributed by atoms with Gasteiger partial charge in [-0.3, -0.25) is 9.69 Å². The third-order valence-electron chi connectivity index (χ3n) is 8.34. The van der Waals surface area contributed by atoms with Crippen molar-refractivity contribution in [3.05, 3.63) is 46.1 Å². The van der Waals surface area contributed by atoms with Gasteiger partial charge in [0.2, 0.25) is 0 Å². The van der Waals surface area contributed by atoms with Gasteiger partial charge in [0.1, 0.15) is 0 Å². The Balaban J connectivity index is 1.47. The van der Waals surface area contributed by atoms with E-state index in [-0.39, 0.29) is 24.3 Å². The molecule has 1 atom stereocenters. The molecule has 8 heteroatoms. The average Bonchev–Trinajstić information content (AvgIpc) is 2.64. The maximum atomic E-state index is 14.5. The van der Waals surface area contributed by atoms with E-state index in [1.807, 2.05) is 18.2 Å². The van der Waals surface area contributed by atoms with Crippen LogP contribution in [0.1, 0.15) is 76.8 Å². The number of hydrogen-bond donors (Lipinski definition) is 2. The lowest BCUT2D eigenvalue weighted by Gasteiger charge is -2.71. The molecule has 5 nitrogen and oxygen atoms in total. The predicted octanol–water partition coefficient (Wildman–Crippen LogP) is 6.25. The highest BCUT2D eigenvalue weighted by Crippen LogP contribution is 2.70. The summed E-state index contributed by atoms with van der Waals surface area (Å²) in [5, 5.41) is 13.1. The zero-order chi connectivity index (χ0) is 24.7. The second-order valence-electron chi connectivity index (χ2n) is 12.1. The second kappa shape index (κ2) is 7.19. The van der Waals surface area contributed by atoms with Crippen molar-refractivity contribution in [2.24, 2.45) is 10.8 Å². The van der Waals surface area contributed by atoms with Crippen molar-refractivity contribution < 1.29 is 23.5 Å². The number of fused-ring (bicyclic) bond motifs is 1. The van der Waals surface area contributed by atoms with Gasteiger partial charge in [0.15, 0.2) is 0 Å². The van der Waals surface area contributed by atoms with Crippen molar-refractivity contribution >= 4 is 23.6 Å². The maximum absolute atomic E-state index is 14.5. The molecule has 6 rings (SSSR count). The summed E-state index contributed by atoms with van der Waals surface area (Å²) in [5.41, 5.74) is -0.0479. The van der Waals surface area contributed by atoms with E-state index < -0.39 is 34.8 Å². The Morgan fingerprint density at radius 2 is 1.88 bits per heavy atom. The molecule has 0 unspecified atom stereocenters. The van der Waals surface area contributed by atoms with Crippen LogP contribution in [0, 0.1) is 10.8 Å². The smallest absolute Gasteiger partial charge is 0.322 e. The van der Waals surface area contributed by atoms with Crippen LogP contribution in [-0.2, 0) is 16.8 Å². The Hall–Kier alpha value is -2.15. The highest BCUT2D eigenvalue weighted by atomic mass is 35.5. The number of amides is 2. The standard InChI is InChI=1S/C26H31ClF2N2O3/c1-22(2,3)7-6-16-4-5-17(10-19(16)27)26-9-8-25(28,29)11-18(26)12-31(21(34)30-26)24-13-23(14-24,15-24)20(32)33/h4-5,10,12H,6-9,11,13-15H2,1-3H3,(H,30,34)(H,32,33)/t23?,24?,26-/m1/s1. The SMILES string of the molecule is CC(C)(C)CCc1ccc([C@]23CCC(F)(F)CC2=CN(C24CC(C(=O)O)(C2)C4)C(=O)N3)cc1Cl. The number of carbonyl (C=O) groups excluding carboxylic acids is 1. The van der Waals surface area contributed by atoms with Crippen LogP contribution in [0.5, 0.6) is 0 Å². The van der Waals surface area contributed by atoms with Crippen molar-refractivity contribution in [3.8, 4) is 0 Å². The molecule has 4 fully saturated rings. The van der Waals surface area contributed by atoms with Gasteiger partial charge in [-0.25, -0.2) is 13.6 Å². The molecule has 2 amide bonds. The Morgan fingerprint density at radius 1 is 1.21 bits per heavy atom. The molecular weight excluding hydrogens is 462 g/mol. The van der Waals surface area contributed by atoms with Crippen LogP contribution in [0.15, 0.2) is 30.0 Å². The molecule has 34 heavy (non-hydrogen) atoms. The lowest BCUT2D eigenvalue weighted by molar-refractivity contribution is -0.215. The number of nitrogens with one attached hydrogen (secondary N) is 1. The monoisotopic (exact) mass is 492 g/mol. The van der Waals surface area contributed by atoms with E-state index in [2.05, 4.69) is 26.1 Å². The Kier molecular flexibility index (Phi) is 4.98. The molecule has 2 N–H and O–H groups in total. The molecule has 1 aliphatic heterocycles. The van der Waals surface area contributed by atoms with Crippen molar-refractivity contribution in [2.45, 2.75) is 89.1 Å². The van der Waals surface area contributed by atoms with Gasteiger partial charge in [0.25, 0.3) is 5.92 Å². The third-order valence-corrected chi connectivity index (χ3v) is 8.70. The van der Waals surface area contributed by atoms with Crippen LogP contribution in [0.4, 0.5) is 13.6 Å². The van der Waals surface area contributed by atoms with Crippen molar-refractivity contribution in [1.82, 2.24) is 10.2 Å². The number of hydrogen-bond acceptors (Lipinski definition) is 2. The van der Waals surface area contributed by atoms with Gasteiger partial charge in [-0.15, -0.1) is 0 Å². The fourth-order valence-corrected chi connectivity index (χ4v) is 6.58. The van der Waals surface area contributed by atoms with E-state index in [1.165, 1.54) is 4.90 Å². The third kappa shape index (κ3) is 3.53. The molecule has 1 heterocycles. The molecule has 2 bridgehead atoms. The van der Waals surface area contributed by atoms with Crippen molar-refractivity contribution in [3.63, 3.8) is 0 Å². The zero-order valence-corrected chi connectivity index (χ0v) is 20.6. The lowest BCUT2D eigenvalue weighted by atomic mass is 9.38. The fourth-order valence-electron chi connectivity index (χ4n) is 6.30. The number of aryl methyl sites for hydroxylation is 1. The van der Waals surface area contributed by atoms with E-state index in [9.17, 15) is 23.5 Å². The molecule has 0 spiro atoms. The molecule has 4 aliphatic carbocycles. The van der Waals surface area contributed by atoms with Crippen LogP contribution < -0.4 is 5.32 Å². The van der Waals surface area contributed by atoms with Gasteiger partial charge in [0.05, 0.1) is 16.5 Å². The minimum absolute atomic E-state index is 0.0785. The molecule has 5 aliphatic rings. The minimum atomic E-state index is -2.86. The number of nitrogens with zero attached hydrogens (tertiary/aromatic N) is 1. The number of alkyl halides is 2. The summed E-state index contributed by atoms with van der Waals surface area (Å²) in [4.78, 5) is 26.3.